The number of nitriles is 1. The van der Waals surface area contributed by atoms with Gasteiger partial charge in [-0.2, -0.15) is 5.26 Å². The first-order chi connectivity index (χ1) is 7.41. The molecular weight excluding hydrogens is 196 g/mol. The van der Waals surface area contributed by atoms with E-state index in [9.17, 15) is 0 Å². The van der Waals surface area contributed by atoms with Gasteiger partial charge in [0.05, 0.1) is 6.07 Å². The molecule has 0 amide bonds. The molecule has 0 aromatic rings. The van der Waals surface area contributed by atoms with Gasteiger partial charge in [0.2, 0.25) is 0 Å². The van der Waals surface area contributed by atoms with Gasteiger partial charge >= 0.3 is 0 Å². The first-order valence-electron chi connectivity index (χ1n) is 6.51. The van der Waals surface area contributed by atoms with Crippen LogP contribution >= 0.6 is 0 Å². The summed E-state index contributed by atoms with van der Waals surface area (Å²) in [6, 6.07) is 2.80. The van der Waals surface area contributed by atoms with Gasteiger partial charge in [0.1, 0.15) is 0 Å². The third-order valence-corrected chi connectivity index (χ3v) is 3.97. The van der Waals surface area contributed by atoms with Crippen molar-refractivity contribution >= 4 is 0 Å². The van der Waals surface area contributed by atoms with E-state index < -0.39 is 0 Å². The molecule has 1 fully saturated rings. The van der Waals surface area contributed by atoms with Crippen molar-refractivity contribution in [1.82, 2.24) is 5.32 Å². The van der Waals surface area contributed by atoms with Crippen LogP contribution in [0.1, 0.15) is 59.8 Å². The molecule has 1 aliphatic carbocycles. The second-order valence-corrected chi connectivity index (χ2v) is 6.47. The average Bonchev–Trinajstić information content (AvgIpc) is 2.15. The van der Waals surface area contributed by atoms with Crippen molar-refractivity contribution in [2.75, 3.05) is 6.54 Å². The first kappa shape index (κ1) is 13.5. The van der Waals surface area contributed by atoms with E-state index in [-0.39, 0.29) is 0 Å². The SMILES string of the molecule is CCC1(C)CC(NCCC#N)CC(C)(C)C1. The zero-order valence-electron chi connectivity index (χ0n) is 11.3. The Kier molecular flexibility index (Phi) is 4.38. The van der Waals surface area contributed by atoms with Crippen molar-refractivity contribution in [3.05, 3.63) is 0 Å². The molecule has 0 aliphatic heterocycles. The maximum absolute atomic E-state index is 8.56. The standard InChI is InChI=1S/C14H26N2/c1-5-14(4)10-12(16-8-6-7-15)9-13(2,3)11-14/h12,16H,5-6,8-11H2,1-4H3. The summed E-state index contributed by atoms with van der Waals surface area (Å²) in [6.07, 6.45) is 5.71. The van der Waals surface area contributed by atoms with Crippen LogP contribution in [-0.2, 0) is 0 Å². The minimum atomic E-state index is 0.438. The van der Waals surface area contributed by atoms with Crippen molar-refractivity contribution in [2.24, 2.45) is 10.8 Å². The lowest BCUT2D eigenvalue weighted by atomic mass is 9.62. The molecule has 0 aromatic carbocycles. The molecule has 1 rings (SSSR count). The summed E-state index contributed by atoms with van der Waals surface area (Å²) >= 11 is 0. The molecule has 0 bridgehead atoms. The van der Waals surface area contributed by atoms with E-state index in [4.69, 9.17) is 5.26 Å². The van der Waals surface area contributed by atoms with Crippen LogP contribution in [0.2, 0.25) is 0 Å². The summed E-state index contributed by atoms with van der Waals surface area (Å²) in [5.41, 5.74) is 0.916. The Labute approximate surface area is 100 Å². The Balaban J connectivity index is 2.56. The van der Waals surface area contributed by atoms with Crippen LogP contribution in [0.25, 0.3) is 0 Å². The predicted octanol–water partition coefficient (Wildman–Crippen LogP) is 3.48. The van der Waals surface area contributed by atoms with E-state index >= 15 is 0 Å². The lowest BCUT2D eigenvalue weighted by Gasteiger charge is -2.46. The van der Waals surface area contributed by atoms with Gasteiger partial charge in [-0.05, 0) is 30.1 Å². The van der Waals surface area contributed by atoms with Gasteiger partial charge in [-0.25, -0.2) is 0 Å². The molecule has 1 saturated carbocycles. The van der Waals surface area contributed by atoms with Gasteiger partial charge in [0.25, 0.3) is 0 Å². The van der Waals surface area contributed by atoms with Crippen LogP contribution in [0, 0.1) is 22.2 Å². The van der Waals surface area contributed by atoms with E-state index in [0.29, 0.717) is 23.3 Å². The Bertz CT molecular complexity index is 264. The quantitative estimate of drug-likeness (QED) is 0.739. The maximum Gasteiger partial charge on any atom is 0.0635 e. The smallest absolute Gasteiger partial charge is 0.0635 e. The highest BCUT2D eigenvalue weighted by atomic mass is 14.9. The highest BCUT2D eigenvalue weighted by Gasteiger charge is 2.39. The molecule has 2 unspecified atom stereocenters. The van der Waals surface area contributed by atoms with E-state index in [0.717, 1.165) is 6.54 Å². The fourth-order valence-electron chi connectivity index (χ4n) is 3.38. The summed E-state index contributed by atoms with van der Waals surface area (Å²) in [7, 11) is 0. The summed E-state index contributed by atoms with van der Waals surface area (Å²) in [5.74, 6) is 0. The molecular formula is C14H26N2. The molecule has 92 valence electrons. The monoisotopic (exact) mass is 222 g/mol. The summed E-state index contributed by atoms with van der Waals surface area (Å²) in [4.78, 5) is 0. The molecule has 0 aromatic heterocycles. The highest BCUT2D eigenvalue weighted by molar-refractivity contribution is 4.93. The molecule has 16 heavy (non-hydrogen) atoms. The van der Waals surface area contributed by atoms with Crippen molar-refractivity contribution in [1.29, 1.82) is 5.26 Å². The van der Waals surface area contributed by atoms with Gasteiger partial charge in [-0.1, -0.05) is 34.1 Å². The minimum absolute atomic E-state index is 0.438. The van der Waals surface area contributed by atoms with Crippen LogP contribution in [-0.4, -0.2) is 12.6 Å². The summed E-state index contributed by atoms with van der Waals surface area (Å²) in [6.45, 7) is 10.3. The van der Waals surface area contributed by atoms with Gasteiger partial charge in [0, 0.05) is 19.0 Å². The molecule has 0 radical (unpaired) electrons. The van der Waals surface area contributed by atoms with Crippen molar-refractivity contribution in [3.63, 3.8) is 0 Å². The third-order valence-electron chi connectivity index (χ3n) is 3.97. The van der Waals surface area contributed by atoms with Crippen LogP contribution in [0.5, 0.6) is 0 Å². The number of rotatable bonds is 4. The fraction of sp³-hybridized carbons (Fsp3) is 0.929. The maximum atomic E-state index is 8.56. The Morgan fingerprint density at radius 3 is 2.56 bits per heavy atom. The van der Waals surface area contributed by atoms with E-state index in [1.807, 2.05) is 0 Å². The normalized spacial score (nSPS) is 33.3. The van der Waals surface area contributed by atoms with Crippen molar-refractivity contribution < 1.29 is 0 Å². The number of nitrogens with one attached hydrogen (secondary N) is 1. The van der Waals surface area contributed by atoms with E-state index in [1.54, 1.807) is 0 Å². The predicted molar refractivity (Wildman–Crippen MR) is 68.1 cm³/mol. The number of hydrogen-bond acceptors (Lipinski definition) is 2. The Morgan fingerprint density at radius 1 is 1.31 bits per heavy atom. The largest absolute Gasteiger partial charge is 0.313 e. The van der Waals surface area contributed by atoms with Gasteiger partial charge in [-0.15, -0.1) is 0 Å². The minimum Gasteiger partial charge on any atom is -0.313 e. The molecule has 2 nitrogen and oxygen atoms in total. The zero-order chi connectivity index (χ0) is 12.2. The second-order valence-electron chi connectivity index (χ2n) is 6.47. The van der Waals surface area contributed by atoms with Crippen LogP contribution in [0.15, 0.2) is 0 Å². The first-order valence-corrected chi connectivity index (χ1v) is 6.51. The molecule has 0 saturated heterocycles. The molecule has 0 heterocycles. The Morgan fingerprint density at radius 2 is 2.00 bits per heavy atom. The molecule has 2 heteroatoms. The summed E-state index contributed by atoms with van der Waals surface area (Å²) < 4.78 is 0. The lowest BCUT2D eigenvalue weighted by molar-refractivity contribution is 0.0681. The van der Waals surface area contributed by atoms with Crippen molar-refractivity contribution in [3.8, 4) is 6.07 Å². The summed E-state index contributed by atoms with van der Waals surface area (Å²) in [5, 5.41) is 12.1. The fourth-order valence-corrected chi connectivity index (χ4v) is 3.38. The average molecular weight is 222 g/mol. The molecule has 2 atom stereocenters. The van der Waals surface area contributed by atoms with Gasteiger partial charge < -0.3 is 5.32 Å². The van der Waals surface area contributed by atoms with Gasteiger partial charge in [-0.3, -0.25) is 0 Å². The highest BCUT2D eigenvalue weighted by Crippen LogP contribution is 2.47. The van der Waals surface area contributed by atoms with E-state index in [1.165, 1.54) is 25.7 Å². The van der Waals surface area contributed by atoms with Crippen LogP contribution in [0.3, 0.4) is 0 Å². The van der Waals surface area contributed by atoms with Crippen LogP contribution < -0.4 is 5.32 Å². The molecule has 0 spiro atoms. The number of hydrogen-bond donors (Lipinski definition) is 1. The van der Waals surface area contributed by atoms with Crippen molar-refractivity contribution in [2.45, 2.75) is 65.8 Å². The number of nitrogens with zero attached hydrogens (tertiary/aromatic N) is 1. The zero-order valence-corrected chi connectivity index (χ0v) is 11.3. The molecule has 1 aliphatic rings. The topological polar surface area (TPSA) is 35.8 Å². The third kappa shape index (κ3) is 3.79. The molecule has 1 N–H and O–H groups in total. The second kappa shape index (κ2) is 5.19. The van der Waals surface area contributed by atoms with Gasteiger partial charge in [0.15, 0.2) is 0 Å². The lowest BCUT2D eigenvalue weighted by Crippen LogP contribution is -2.44. The Hall–Kier alpha value is -0.550. The van der Waals surface area contributed by atoms with E-state index in [2.05, 4.69) is 39.1 Å². The van der Waals surface area contributed by atoms with Crippen LogP contribution in [0.4, 0.5) is 0 Å².